The lowest BCUT2D eigenvalue weighted by Crippen LogP contribution is -1.84. The molecule has 0 saturated carbocycles. The van der Waals surface area contributed by atoms with Crippen LogP contribution in [0.3, 0.4) is 0 Å². The van der Waals surface area contributed by atoms with Gasteiger partial charge in [-0.25, -0.2) is 0 Å². The summed E-state index contributed by atoms with van der Waals surface area (Å²) in [7, 11) is 0. The highest BCUT2D eigenvalue weighted by Crippen LogP contribution is 2.29. The van der Waals surface area contributed by atoms with Crippen molar-refractivity contribution < 1.29 is 0 Å². The van der Waals surface area contributed by atoms with Crippen molar-refractivity contribution in [2.75, 3.05) is 0 Å². The smallest absolute Gasteiger partial charge is 0.0902 e. The molecule has 3 heteroatoms. The zero-order chi connectivity index (χ0) is 9.42. The minimum absolute atomic E-state index is 0.696. The highest BCUT2D eigenvalue weighted by Gasteiger charge is 2.05. The molecular formula is C10H7BrClN. The van der Waals surface area contributed by atoms with Gasteiger partial charge in [-0.2, -0.15) is 0 Å². The zero-order valence-electron chi connectivity index (χ0n) is 7.01. The van der Waals surface area contributed by atoms with Crippen LogP contribution in [-0.2, 0) is 0 Å². The van der Waals surface area contributed by atoms with Crippen molar-refractivity contribution in [1.82, 2.24) is 4.98 Å². The lowest BCUT2D eigenvalue weighted by atomic mass is 10.1. The van der Waals surface area contributed by atoms with E-state index in [4.69, 9.17) is 11.6 Å². The van der Waals surface area contributed by atoms with Crippen molar-refractivity contribution in [1.29, 1.82) is 0 Å². The van der Waals surface area contributed by atoms with E-state index in [-0.39, 0.29) is 0 Å². The van der Waals surface area contributed by atoms with E-state index in [9.17, 15) is 0 Å². The van der Waals surface area contributed by atoms with Gasteiger partial charge in [-0.15, -0.1) is 0 Å². The quantitative estimate of drug-likeness (QED) is 0.695. The van der Waals surface area contributed by atoms with E-state index >= 15 is 0 Å². The Morgan fingerprint density at radius 2 is 2.08 bits per heavy atom. The lowest BCUT2D eigenvalue weighted by Gasteiger charge is -2.04. The molecule has 0 spiro atoms. The number of halogens is 2. The zero-order valence-corrected chi connectivity index (χ0v) is 9.35. The Morgan fingerprint density at radius 1 is 1.31 bits per heavy atom. The Bertz CT molecular complexity index is 459. The van der Waals surface area contributed by atoms with Crippen molar-refractivity contribution in [2.45, 2.75) is 6.92 Å². The molecule has 66 valence electrons. The van der Waals surface area contributed by atoms with Gasteiger partial charge in [-0.3, -0.25) is 4.98 Å². The Kier molecular flexibility index (Phi) is 2.26. The predicted octanol–water partition coefficient (Wildman–Crippen LogP) is 3.96. The van der Waals surface area contributed by atoms with Gasteiger partial charge in [0.2, 0.25) is 0 Å². The molecule has 0 unspecified atom stereocenters. The molecule has 0 bridgehead atoms. The van der Waals surface area contributed by atoms with Gasteiger partial charge in [-0.05, 0) is 24.6 Å². The fraction of sp³-hybridized carbons (Fsp3) is 0.100. The Hall–Kier alpha value is -0.600. The molecule has 0 aliphatic carbocycles. The van der Waals surface area contributed by atoms with Crippen LogP contribution < -0.4 is 0 Å². The number of aromatic nitrogens is 1. The standard InChI is InChI=1S/C10H7BrClN/c1-6-2-3-8(12)10-9(6)7(11)4-5-13-10/h2-5H,1H3. The molecule has 1 aromatic carbocycles. The van der Waals surface area contributed by atoms with Crippen LogP contribution >= 0.6 is 27.5 Å². The van der Waals surface area contributed by atoms with E-state index in [2.05, 4.69) is 20.9 Å². The Morgan fingerprint density at radius 3 is 2.77 bits per heavy atom. The molecule has 0 N–H and O–H groups in total. The molecule has 0 aliphatic heterocycles. The van der Waals surface area contributed by atoms with Gasteiger partial charge >= 0.3 is 0 Å². The summed E-state index contributed by atoms with van der Waals surface area (Å²) < 4.78 is 1.04. The van der Waals surface area contributed by atoms with Gasteiger partial charge in [0, 0.05) is 16.1 Å². The average Bonchev–Trinajstić information content (AvgIpc) is 2.12. The maximum Gasteiger partial charge on any atom is 0.0902 e. The number of fused-ring (bicyclic) bond motifs is 1. The van der Waals surface area contributed by atoms with Gasteiger partial charge < -0.3 is 0 Å². The van der Waals surface area contributed by atoms with Crippen LogP contribution in [0.1, 0.15) is 5.56 Å². The first-order chi connectivity index (χ1) is 6.20. The second-order valence-electron chi connectivity index (χ2n) is 2.88. The van der Waals surface area contributed by atoms with E-state index in [0.29, 0.717) is 5.02 Å². The van der Waals surface area contributed by atoms with Gasteiger partial charge in [0.05, 0.1) is 10.5 Å². The first-order valence-corrected chi connectivity index (χ1v) is 5.06. The summed E-state index contributed by atoms with van der Waals surface area (Å²) >= 11 is 9.50. The topological polar surface area (TPSA) is 12.9 Å². The number of pyridine rings is 1. The molecule has 0 radical (unpaired) electrons. The largest absolute Gasteiger partial charge is 0.255 e. The maximum absolute atomic E-state index is 6.02. The lowest BCUT2D eigenvalue weighted by molar-refractivity contribution is 1.38. The van der Waals surface area contributed by atoms with Crippen LogP contribution in [0.2, 0.25) is 5.02 Å². The van der Waals surface area contributed by atoms with E-state index < -0.39 is 0 Å². The van der Waals surface area contributed by atoms with Crippen molar-refractivity contribution >= 4 is 38.4 Å². The maximum atomic E-state index is 6.02. The number of hydrogen-bond donors (Lipinski definition) is 0. The Balaban J connectivity index is 3.00. The summed E-state index contributed by atoms with van der Waals surface area (Å²) in [5.74, 6) is 0. The molecule has 1 nitrogen and oxygen atoms in total. The molecule has 2 rings (SSSR count). The van der Waals surface area contributed by atoms with Crippen LogP contribution in [-0.4, -0.2) is 4.98 Å². The molecule has 1 aromatic heterocycles. The van der Waals surface area contributed by atoms with Crippen LogP contribution in [0.15, 0.2) is 28.9 Å². The summed E-state index contributed by atoms with van der Waals surface area (Å²) in [6.45, 7) is 2.05. The molecule has 1 heterocycles. The molecule has 2 aromatic rings. The van der Waals surface area contributed by atoms with Crippen molar-refractivity contribution in [2.24, 2.45) is 0 Å². The monoisotopic (exact) mass is 255 g/mol. The summed E-state index contributed by atoms with van der Waals surface area (Å²) in [6.07, 6.45) is 1.75. The minimum Gasteiger partial charge on any atom is -0.255 e. The van der Waals surface area contributed by atoms with Gasteiger partial charge in [0.15, 0.2) is 0 Å². The van der Waals surface area contributed by atoms with Crippen molar-refractivity contribution in [3.05, 3.63) is 39.5 Å². The SMILES string of the molecule is Cc1ccc(Cl)c2nccc(Br)c12. The fourth-order valence-electron chi connectivity index (χ4n) is 1.35. The van der Waals surface area contributed by atoms with Crippen LogP contribution in [0.5, 0.6) is 0 Å². The first kappa shape index (κ1) is 8.97. The molecule has 0 amide bonds. The van der Waals surface area contributed by atoms with Crippen LogP contribution in [0, 0.1) is 6.92 Å². The second kappa shape index (κ2) is 3.28. The van der Waals surface area contributed by atoms with E-state index in [1.165, 1.54) is 5.56 Å². The minimum atomic E-state index is 0.696. The molecular weight excluding hydrogens is 249 g/mol. The summed E-state index contributed by atoms with van der Waals surface area (Å²) in [5.41, 5.74) is 2.04. The summed E-state index contributed by atoms with van der Waals surface area (Å²) in [6, 6.07) is 5.79. The van der Waals surface area contributed by atoms with Crippen molar-refractivity contribution in [3.63, 3.8) is 0 Å². The van der Waals surface area contributed by atoms with E-state index in [1.54, 1.807) is 6.20 Å². The second-order valence-corrected chi connectivity index (χ2v) is 4.14. The fourth-order valence-corrected chi connectivity index (χ4v) is 2.18. The molecule has 13 heavy (non-hydrogen) atoms. The van der Waals surface area contributed by atoms with Gasteiger partial charge in [-0.1, -0.05) is 33.6 Å². The molecule has 0 fully saturated rings. The van der Waals surface area contributed by atoms with Gasteiger partial charge in [0.25, 0.3) is 0 Å². The molecule has 0 aliphatic rings. The highest BCUT2D eigenvalue weighted by molar-refractivity contribution is 9.10. The number of aryl methyl sites for hydroxylation is 1. The highest BCUT2D eigenvalue weighted by atomic mass is 79.9. The number of nitrogens with zero attached hydrogens (tertiary/aromatic N) is 1. The van der Waals surface area contributed by atoms with E-state index in [0.717, 1.165) is 15.4 Å². The molecule has 0 saturated heterocycles. The van der Waals surface area contributed by atoms with Crippen molar-refractivity contribution in [3.8, 4) is 0 Å². The van der Waals surface area contributed by atoms with E-state index in [1.807, 2.05) is 25.1 Å². The Labute approximate surface area is 89.9 Å². The first-order valence-electron chi connectivity index (χ1n) is 3.89. The molecule has 0 atom stereocenters. The number of benzene rings is 1. The number of hydrogen-bond acceptors (Lipinski definition) is 1. The van der Waals surface area contributed by atoms with Crippen LogP contribution in [0.4, 0.5) is 0 Å². The van der Waals surface area contributed by atoms with Gasteiger partial charge in [0.1, 0.15) is 0 Å². The normalized spacial score (nSPS) is 10.7. The average molecular weight is 257 g/mol. The summed E-state index contributed by atoms with van der Waals surface area (Å²) in [5, 5.41) is 1.79. The third-order valence-corrected chi connectivity index (χ3v) is 2.97. The van der Waals surface area contributed by atoms with Crippen LogP contribution in [0.25, 0.3) is 10.9 Å². The summed E-state index contributed by atoms with van der Waals surface area (Å²) in [4.78, 5) is 4.24. The predicted molar refractivity (Wildman–Crippen MR) is 59.2 cm³/mol. The third-order valence-electron chi connectivity index (χ3n) is 2.00. The number of rotatable bonds is 0. The third kappa shape index (κ3) is 1.45.